The van der Waals surface area contributed by atoms with Gasteiger partial charge in [0, 0.05) is 26.3 Å². The topological polar surface area (TPSA) is 12.9 Å². The molecule has 0 aliphatic heterocycles. The number of aromatic nitrogens is 1. The Labute approximate surface area is 154 Å². The Bertz CT molecular complexity index is 729. The molecule has 125 valence electrons. The van der Waals surface area contributed by atoms with E-state index in [2.05, 4.69) is 70.8 Å². The van der Waals surface area contributed by atoms with Gasteiger partial charge in [-0.15, -0.1) is 34.9 Å². The summed E-state index contributed by atoms with van der Waals surface area (Å²) < 4.78 is 0. The van der Waals surface area contributed by atoms with Crippen LogP contribution in [0.2, 0.25) is 0 Å². The first-order valence-electron chi connectivity index (χ1n) is 8.21. The Morgan fingerprint density at radius 2 is 1.52 bits per heavy atom. The van der Waals surface area contributed by atoms with E-state index in [0.717, 1.165) is 11.3 Å². The Morgan fingerprint density at radius 3 is 2.13 bits per heavy atom. The second-order valence-electron chi connectivity index (χ2n) is 8.10. The van der Waals surface area contributed by atoms with E-state index in [-0.39, 0.29) is 30.9 Å². The third-order valence-corrected chi connectivity index (χ3v) is 5.43. The van der Waals surface area contributed by atoms with Gasteiger partial charge in [-0.25, -0.2) is 0 Å². The van der Waals surface area contributed by atoms with Gasteiger partial charge in [0.1, 0.15) is 0 Å². The Balaban J connectivity index is 0.00000192. The van der Waals surface area contributed by atoms with Gasteiger partial charge >= 0.3 is 0 Å². The van der Waals surface area contributed by atoms with E-state index >= 15 is 0 Å². The number of fused-ring (bicyclic) bond motifs is 1. The van der Waals surface area contributed by atoms with Crippen molar-refractivity contribution < 1.29 is 20.1 Å². The maximum Gasteiger partial charge on any atom is 0.0192 e. The normalized spacial score (nSPS) is 18.0. The van der Waals surface area contributed by atoms with E-state index in [1.54, 1.807) is 0 Å². The second-order valence-corrected chi connectivity index (χ2v) is 8.10. The van der Waals surface area contributed by atoms with Gasteiger partial charge in [-0.2, -0.15) is 0 Å². The fourth-order valence-corrected chi connectivity index (χ4v) is 3.43. The van der Waals surface area contributed by atoms with Gasteiger partial charge in [-0.1, -0.05) is 45.7 Å². The molecule has 0 saturated carbocycles. The standard InChI is InChI=1S/C21H26N.Ir/c1-14-11-19(22-13-15(14)2)16-7-8-17-18(12-16)21(5,6)10-9-20(17,3)4;/h8,11-13H,9-10H2,1-6H3;/q-1;. The van der Waals surface area contributed by atoms with Crippen LogP contribution in [0.25, 0.3) is 11.3 Å². The van der Waals surface area contributed by atoms with Crippen LogP contribution in [0.4, 0.5) is 0 Å². The van der Waals surface area contributed by atoms with E-state index in [9.17, 15) is 0 Å². The summed E-state index contributed by atoms with van der Waals surface area (Å²) in [5.74, 6) is 0. The Hall–Kier alpha value is -0.981. The summed E-state index contributed by atoms with van der Waals surface area (Å²) in [7, 11) is 0. The minimum absolute atomic E-state index is 0. The van der Waals surface area contributed by atoms with E-state index in [1.165, 1.54) is 35.1 Å². The molecule has 3 rings (SSSR count). The molecule has 1 aliphatic rings. The number of rotatable bonds is 1. The number of pyridine rings is 1. The number of hydrogen-bond acceptors (Lipinski definition) is 1. The summed E-state index contributed by atoms with van der Waals surface area (Å²) in [4.78, 5) is 4.61. The Morgan fingerprint density at radius 1 is 0.913 bits per heavy atom. The summed E-state index contributed by atoms with van der Waals surface area (Å²) in [5, 5.41) is 0. The van der Waals surface area contributed by atoms with Crippen molar-refractivity contribution in [3.8, 4) is 11.3 Å². The molecule has 0 amide bonds. The molecule has 0 fully saturated rings. The van der Waals surface area contributed by atoms with Crippen LogP contribution in [0, 0.1) is 19.9 Å². The molecule has 0 unspecified atom stereocenters. The molecule has 0 spiro atoms. The molecule has 1 heterocycles. The molecule has 2 heteroatoms. The molecule has 1 aromatic carbocycles. The predicted molar refractivity (Wildman–Crippen MR) is 93.3 cm³/mol. The zero-order chi connectivity index (χ0) is 16.1. The van der Waals surface area contributed by atoms with Gasteiger partial charge in [-0.05, 0) is 42.4 Å². The zero-order valence-electron chi connectivity index (χ0n) is 15.0. The van der Waals surface area contributed by atoms with Crippen molar-refractivity contribution in [1.29, 1.82) is 0 Å². The van der Waals surface area contributed by atoms with Gasteiger partial charge < -0.3 is 4.98 Å². The third-order valence-electron chi connectivity index (χ3n) is 5.43. The van der Waals surface area contributed by atoms with Gasteiger partial charge in [-0.3, -0.25) is 0 Å². The number of benzene rings is 1. The molecule has 0 bridgehead atoms. The maximum atomic E-state index is 4.61. The second kappa shape index (κ2) is 6.15. The van der Waals surface area contributed by atoms with Crippen LogP contribution in [0.5, 0.6) is 0 Å². The molecule has 1 nitrogen and oxygen atoms in total. The predicted octanol–water partition coefficient (Wildman–Crippen LogP) is 5.51. The molecule has 0 atom stereocenters. The summed E-state index contributed by atoms with van der Waals surface area (Å²) in [6.45, 7) is 13.7. The number of nitrogens with zero attached hydrogens (tertiary/aromatic N) is 1. The van der Waals surface area contributed by atoms with Gasteiger partial charge in [0.2, 0.25) is 0 Å². The van der Waals surface area contributed by atoms with Gasteiger partial charge in [0.25, 0.3) is 0 Å². The van der Waals surface area contributed by atoms with Crippen molar-refractivity contribution >= 4 is 0 Å². The van der Waals surface area contributed by atoms with E-state index in [0.29, 0.717) is 0 Å². The molecular formula is C21H26IrN-. The van der Waals surface area contributed by atoms with Crippen molar-refractivity contribution in [1.82, 2.24) is 4.98 Å². The summed E-state index contributed by atoms with van der Waals surface area (Å²) >= 11 is 0. The van der Waals surface area contributed by atoms with E-state index in [4.69, 9.17) is 0 Å². The zero-order valence-corrected chi connectivity index (χ0v) is 17.4. The van der Waals surface area contributed by atoms with Crippen molar-refractivity contribution in [3.63, 3.8) is 0 Å². The van der Waals surface area contributed by atoms with E-state index < -0.39 is 0 Å². The van der Waals surface area contributed by atoms with Crippen LogP contribution in [0.15, 0.2) is 24.4 Å². The van der Waals surface area contributed by atoms with Crippen molar-refractivity contribution in [2.45, 2.75) is 65.2 Å². The van der Waals surface area contributed by atoms with Crippen LogP contribution < -0.4 is 0 Å². The third kappa shape index (κ3) is 3.30. The number of aryl methyl sites for hydroxylation is 2. The van der Waals surface area contributed by atoms with Crippen LogP contribution in [0.1, 0.15) is 62.8 Å². The fourth-order valence-electron chi connectivity index (χ4n) is 3.43. The fraction of sp³-hybridized carbons (Fsp3) is 0.476. The van der Waals surface area contributed by atoms with E-state index in [1.807, 2.05) is 6.20 Å². The minimum atomic E-state index is 0. The molecule has 23 heavy (non-hydrogen) atoms. The molecule has 1 aliphatic carbocycles. The molecule has 2 aromatic rings. The van der Waals surface area contributed by atoms with Gasteiger partial charge in [0.15, 0.2) is 0 Å². The first-order valence-corrected chi connectivity index (χ1v) is 8.21. The first kappa shape index (κ1) is 18.4. The van der Waals surface area contributed by atoms with Gasteiger partial charge in [0.05, 0.1) is 0 Å². The molecular weight excluding hydrogens is 458 g/mol. The van der Waals surface area contributed by atoms with Crippen LogP contribution >= 0.6 is 0 Å². The van der Waals surface area contributed by atoms with Crippen LogP contribution in [0.3, 0.4) is 0 Å². The quantitative estimate of drug-likeness (QED) is 0.486. The molecule has 1 aromatic heterocycles. The average molecular weight is 485 g/mol. The smallest absolute Gasteiger partial charge is 0.0192 e. The summed E-state index contributed by atoms with van der Waals surface area (Å²) in [5.41, 5.74) is 8.08. The van der Waals surface area contributed by atoms with Crippen LogP contribution in [-0.4, -0.2) is 4.98 Å². The maximum absolute atomic E-state index is 4.61. The Kier molecular flexibility index (Phi) is 4.91. The van der Waals surface area contributed by atoms with Crippen molar-refractivity contribution in [2.24, 2.45) is 0 Å². The number of hydrogen-bond donors (Lipinski definition) is 0. The van der Waals surface area contributed by atoms with Crippen molar-refractivity contribution in [2.75, 3.05) is 0 Å². The molecule has 1 radical (unpaired) electrons. The first-order chi connectivity index (χ1) is 10.2. The largest absolute Gasteiger partial charge is 0.304 e. The molecule has 0 N–H and O–H groups in total. The summed E-state index contributed by atoms with van der Waals surface area (Å²) in [6, 6.07) is 10.2. The monoisotopic (exact) mass is 485 g/mol. The van der Waals surface area contributed by atoms with Crippen LogP contribution in [-0.2, 0) is 30.9 Å². The average Bonchev–Trinajstić information content (AvgIpc) is 2.47. The van der Waals surface area contributed by atoms with Crippen molar-refractivity contribution in [3.05, 3.63) is 52.7 Å². The molecule has 0 saturated heterocycles. The SMILES string of the molecule is Cc1cnc(-c2[c-]cc3c(c2)C(C)(C)CCC3(C)C)cc1C.[Ir]. The summed E-state index contributed by atoms with van der Waals surface area (Å²) in [6.07, 6.45) is 4.44. The minimum Gasteiger partial charge on any atom is -0.304 e.